The molecule has 118 valence electrons. The molecule has 0 unspecified atom stereocenters. The maximum Gasteiger partial charge on any atom is 0.346 e. The zero-order valence-electron chi connectivity index (χ0n) is 12.1. The van der Waals surface area contributed by atoms with Gasteiger partial charge in [-0.15, -0.1) is 0 Å². The highest BCUT2D eigenvalue weighted by molar-refractivity contribution is 8.29. The molecule has 1 heterocycles. The van der Waals surface area contributed by atoms with Crippen LogP contribution in [0.15, 0.2) is 38.3 Å². The van der Waals surface area contributed by atoms with Crippen LogP contribution in [0.25, 0.3) is 5.57 Å². The second-order valence-corrected chi connectivity index (χ2v) is 6.86. The number of methoxy groups -OCH3 is 2. The molecule has 0 saturated heterocycles. The van der Waals surface area contributed by atoms with Crippen molar-refractivity contribution in [3.63, 3.8) is 0 Å². The Morgan fingerprint density at radius 3 is 1.91 bits per heavy atom. The number of carbonyl (C=O) groups excluding carboxylic acids is 2. The van der Waals surface area contributed by atoms with Crippen molar-refractivity contribution >= 4 is 52.6 Å². The third kappa shape index (κ3) is 3.72. The SMILES string of the molecule is COC(=O)C1=C(C(=O)OC)SC(=C(C#N)c2ccc(Cl)cc2)S1. The molecule has 0 bridgehead atoms. The van der Waals surface area contributed by atoms with Gasteiger partial charge in [-0.2, -0.15) is 5.26 Å². The van der Waals surface area contributed by atoms with E-state index in [0.717, 1.165) is 23.5 Å². The Kier molecular flexibility index (Phi) is 5.77. The predicted octanol–water partition coefficient (Wildman–Crippen LogP) is 3.57. The van der Waals surface area contributed by atoms with Gasteiger partial charge in [-0.1, -0.05) is 47.3 Å². The lowest BCUT2D eigenvalue weighted by Gasteiger charge is -2.03. The molecule has 0 saturated carbocycles. The summed E-state index contributed by atoms with van der Waals surface area (Å²) >= 11 is 7.88. The van der Waals surface area contributed by atoms with Crippen molar-refractivity contribution in [2.75, 3.05) is 14.2 Å². The number of allylic oxidation sites excluding steroid dienone is 1. The molecule has 2 rings (SSSR count). The smallest absolute Gasteiger partial charge is 0.346 e. The number of hydrogen-bond acceptors (Lipinski definition) is 7. The highest BCUT2D eigenvalue weighted by Crippen LogP contribution is 2.52. The van der Waals surface area contributed by atoms with Crippen LogP contribution in [0.1, 0.15) is 5.56 Å². The third-order valence-corrected chi connectivity index (χ3v) is 5.60. The molecule has 8 heteroatoms. The average molecular weight is 368 g/mol. The van der Waals surface area contributed by atoms with Gasteiger partial charge in [0.2, 0.25) is 0 Å². The molecule has 0 aromatic heterocycles. The van der Waals surface area contributed by atoms with E-state index in [-0.39, 0.29) is 9.81 Å². The van der Waals surface area contributed by atoms with E-state index in [9.17, 15) is 14.9 Å². The van der Waals surface area contributed by atoms with Crippen LogP contribution in [-0.2, 0) is 19.1 Å². The maximum absolute atomic E-state index is 11.8. The molecule has 1 aromatic carbocycles. The van der Waals surface area contributed by atoms with Crippen LogP contribution in [0.4, 0.5) is 0 Å². The van der Waals surface area contributed by atoms with Gasteiger partial charge in [0.1, 0.15) is 15.9 Å². The van der Waals surface area contributed by atoms with Crippen molar-refractivity contribution in [1.82, 2.24) is 0 Å². The molecule has 0 N–H and O–H groups in total. The lowest BCUT2D eigenvalue weighted by Crippen LogP contribution is -2.08. The molecule has 0 radical (unpaired) electrons. The van der Waals surface area contributed by atoms with Crippen LogP contribution in [0.3, 0.4) is 0 Å². The molecule has 1 aliphatic rings. The topological polar surface area (TPSA) is 76.4 Å². The van der Waals surface area contributed by atoms with Gasteiger partial charge < -0.3 is 9.47 Å². The number of nitriles is 1. The minimum Gasteiger partial charge on any atom is -0.465 e. The lowest BCUT2D eigenvalue weighted by atomic mass is 10.1. The van der Waals surface area contributed by atoms with Gasteiger partial charge in [-0.05, 0) is 17.7 Å². The van der Waals surface area contributed by atoms with E-state index >= 15 is 0 Å². The van der Waals surface area contributed by atoms with Gasteiger partial charge in [0, 0.05) is 5.02 Å². The zero-order valence-corrected chi connectivity index (χ0v) is 14.5. The van der Waals surface area contributed by atoms with E-state index in [0.29, 0.717) is 20.4 Å². The van der Waals surface area contributed by atoms with Crippen LogP contribution in [0.5, 0.6) is 0 Å². The molecule has 0 aliphatic carbocycles. The number of rotatable bonds is 3. The Balaban J connectivity index is 2.46. The normalized spacial score (nSPS) is 13.6. The fourth-order valence-corrected chi connectivity index (χ4v) is 4.33. The highest BCUT2D eigenvalue weighted by Gasteiger charge is 2.34. The fraction of sp³-hybridized carbons (Fsp3) is 0.133. The van der Waals surface area contributed by atoms with Crippen molar-refractivity contribution in [1.29, 1.82) is 5.26 Å². The Morgan fingerprint density at radius 2 is 1.52 bits per heavy atom. The molecule has 0 spiro atoms. The van der Waals surface area contributed by atoms with E-state index in [1.54, 1.807) is 24.3 Å². The summed E-state index contributed by atoms with van der Waals surface area (Å²) in [4.78, 5) is 23.9. The number of ether oxygens (including phenoxy) is 2. The molecule has 0 fully saturated rings. The summed E-state index contributed by atoms with van der Waals surface area (Å²) in [6, 6.07) is 8.82. The van der Waals surface area contributed by atoms with Crippen molar-refractivity contribution in [2.45, 2.75) is 0 Å². The number of nitrogens with zero attached hydrogens (tertiary/aromatic N) is 1. The Bertz CT molecular complexity index is 733. The van der Waals surface area contributed by atoms with Gasteiger partial charge >= 0.3 is 11.9 Å². The maximum atomic E-state index is 11.8. The van der Waals surface area contributed by atoms with Gasteiger partial charge in [0.25, 0.3) is 0 Å². The van der Waals surface area contributed by atoms with Gasteiger partial charge in [-0.3, -0.25) is 0 Å². The molecule has 23 heavy (non-hydrogen) atoms. The first-order valence-electron chi connectivity index (χ1n) is 6.18. The van der Waals surface area contributed by atoms with Crippen molar-refractivity contribution in [3.8, 4) is 6.07 Å². The molecule has 0 amide bonds. The average Bonchev–Trinajstić information content (AvgIpc) is 3.00. The number of esters is 2. The summed E-state index contributed by atoms with van der Waals surface area (Å²) in [5.41, 5.74) is 0.985. The van der Waals surface area contributed by atoms with Crippen LogP contribution in [0.2, 0.25) is 5.02 Å². The zero-order chi connectivity index (χ0) is 17.0. The first kappa shape index (κ1) is 17.5. The molecular formula is C15H10ClNO4S2. The second-order valence-electron chi connectivity index (χ2n) is 4.13. The molecular weight excluding hydrogens is 358 g/mol. The number of thioether (sulfide) groups is 2. The van der Waals surface area contributed by atoms with E-state index in [1.165, 1.54) is 14.2 Å². The number of benzene rings is 1. The summed E-state index contributed by atoms with van der Waals surface area (Å²) < 4.78 is 9.87. The van der Waals surface area contributed by atoms with Gasteiger partial charge in [0.05, 0.1) is 24.0 Å². The number of hydrogen-bond donors (Lipinski definition) is 0. The monoisotopic (exact) mass is 367 g/mol. The third-order valence-electron chi connectivity index (χ3n) is 2.79. The predicted molar refractivity (Wildman–Crippen MR) is 90.2 cm³/mol. The van der Waals surface area contributed by atoms with Crippen LogP contribution in [-0.4, -0.2) is 26.2 Å². The minimum atomic E-state index is -0.647. The fourth-order valence-electron chi connectivity index (χ4n) is 1.70. The van der Waals surface area contributed by atoms with Crippen LogP contribution >= 0.6 is 35.1 Å². The number of carbonyl (C=O) groups is 2. The largest absolute Gasteiger partial charge is 0.465 e. The minimum absolute atomic E-state index is 0.112. The summed E-state index contributed by atoms with van der Waals surface area (Å²) in [7, 11) is 2.45. The van der Waals surface area contributed by atoms with Gasteiger partial charge in [-0.25, -0.2) is 9.59 Å². The first-order chi connectivity index (χ1) is 11.0. The van der Waals surface area contributed by atoms with Crippen molar-refractivity contribution in [2.24, 2.45) is 0 Å². The highest BCUT2D eigenvalue weighted by atomic mass is 35.5. The molecule has 5 nitrogen and oxygen atoms in total. The summed E-state index contributed by atoms with van der Waals surface area (Å²) in [5.74, 6) is -1.29. The first-order valence-corrected chi connectivity index (χ1v) is 8.19. The van der Waals surface area contributed by atoms with Crippen LogP contribution < -0.4 is 0 Å². The Morgan fingerprint density at radius 1 is 1.04 bits per heavy atom. The quantitative estimate of drug-likeness (QED) is 0.597. The van der Waals surface area contributed by atoms with Gasteiger partial charge in [0.15, 0.2) is 0 Å². The van der Waals surface area contributed by atoms with Crippen LogP contribution in [0, 0.1) is 11.3 Å². The van der Waals surface area contributed by atoms with E-state index < -0.39 is 11.9 Å². The van der Waals surface area contributed by atoms with E-state index in [1.807, 2.05) is 0 Å². The van der Waals surface area contributed by atoms with E-state index in [4.69, 9.17) is 11.6 Å². The molecule has 1 aliphatic heterocycles. The molecule has 0 atom stereocenters. The van der Waals surface area contributed by atoms with E-state index in [2.05, 4.69) is 15.5 Å². The standard InChI is InChI=1S/C15H10ClNO4S2/c1-20-13(18)11-12(14(19)21-2)23-15(22-11)10(7-17)8-3-5-9(16)6-4-8/h3-6H,1-2H3. The summed E-state index contributed by atoms with van der Waals surface area (Å²) in [6.07, 6.45) is 0. The number of halogens is 1. The molecule has 1 aromatic rings. The Hall–Kier alpha value is -1.88. The summed E-state index contributed by atoms with van der Waals surface area (Å²) in [5, 5.41) is 10.0. The Labute approximate surface area is 146 Å². The second kappa shape index (κ2) is 7.59. The van der Waals surface area contributed by atoms with Crippen molar-refractivity contribution in [3.05, 3.63) is 48.9 Å². The summed E-state index contributed by atoms with van der Waals surface area (Å²) in [6.45, 7) is 0. The van der Waals surface area contributed by atoms with Crippen molar-refractivity contribution < 1.29 is 19.1 Å². The lowest BCUT2D eigenvalue weighted by molar-refractivity contribution is -0.138.